The third-order valence-corrected chi connectivity index (χ3v) is 13.8. The maximum absolute atomic E-state index is 13.5. The first-order valence-corrected chi connectivity index (χ1v) is 31.9. The summed E-state index contributed by atoms with van der Waals surface area (Å²) in [6.45, 7) is 6.78. The van der Waals surface area contributed by atoms with Gasteiger partial charge in [0.25, 0.3) is 0 Å². The van der Waals surface area contributed by atoms with Gasteiger partial charge in [-0.1, -0.05) is 252 Å². The number of likely N-dealkylation sites (N-methyl/N-ethyl adjacent to an activating group) is 1. The van der Waals surface area contributed by atoms with Gasteiger partial charge in [0, 0.05) is 12.8 Å². The number of amides is 1. The average molecular weight is 1080 g/mol. The Bertz CT molecular complexity index is 1720. The molecule has 10 heteroatoms. The lowest BCUT2D eigenvalue weighted by atomic mass is 10.0. The predicted octanol–water partition coefficient (Wildman–Crippen LogP) is 18.7. The van der Waals surface area contributed by atoms with Gasteiger partial charge in [-0.3, -0.25) is 18.6 Å². The van der Waals surface area contributed by atoms with E-state index in [4.69, 9.17) is 13.8 Å². The summed E-state index contributed by atoms with van der Waals surface area (Å²) in [6.07, 6.45) is 76.2. The summed E-state index contributed by atoms with van der Waals surface area (Å²) in [6, 6.07) is -0.879. The molecule has 0 saturated carbocycles. The molecule has 76 heavy (non-hydrogen) atoms. The minimum absolute atomic E-state index is 0.0242. The Morgan fingerprint density at radius 2 is 0.895 bits per heavy atom. The number of nitrogens with zero attached hydrogens (tertiary/aromatic N) is 1. The van der Waals surface area contributed by atoms with Crippen molar-refractivity contribution < 1.29 is 37.3 Å². The van der Waals surface area contributed by atoms with Crippen LogP contribution in [-0.2, 0) is 27.9 Å². The molecule has 0 heterocycles. The van der Waals surface area contributed by atoms with Gasteiger partial charge in [-0.25, -0.2) is 4.57 Å². The van der Waals surface area contributed by atoms with Crippen molar-refractivity contribution in [1.82, 2.24) is 5.32 Å². The van der Waals surface area contributed by atoms with Gasteiger partial charge in [-0.05, 0) is 89.5 Å². The maximum atomic E-state index is 13.5. The van der Waals surface area contributed by atoms with E-state index in [0.717, 1.165) is 89.9 Å². The summed E-state index contributed by atoms with van der Waals surface area (Å²) in [5, 5.41) is 3.04. The van der Waals surface area contributed by atoms with Gasteiger partial charge in [0.15, 0.2) is 0 Å². The number of unbranched alkanes of at least 4 members (excludes halogenated alkanes) is 24. The summed E-state index contributed by atoms with van der Waals surface area (Å²) in [5.41, 5.74) is 0. The smallest absolute Gasteiger partial charge is 0.456 e. The molecule has 434 valence electrons. The lowest BCUT2D eigenvalue weighted by molar-refractivity contribution is -0.870. The van der Waals surface area contributed by atoms with E-state index in [2.05, 4.69) is 74.7 Å². The molecule has 0 radical (unpaired) electrons. The Balaban J connectivity index is 5.37. The first-order valence-electron chi connectivity index (χ1n) is 30.4. The van der Waals surface area contributed by atoms with Crippen LogP contribution in [0.3, 0.4) is 0 Å². The van der Waals surface area contributed by atoms with Crippen LogP contribution < -0.4 is 5.32 Å². The zero-order valence-electron chi connectivity index (χ0n) is 49.4. The highest BCUT2D eigenvalue weighted by molar-refractivity contribution is 7.47. The van der Waals surface area contributed by atoms with Crippen LogP contribution in [0.1, 0.15) is 233 Å². The van der Waals surface area contributed by atoms with Crippen LogP contribution >= 0.6 is 7.82 Å². The Morgan fingerprint density at radius 3 is 1.42 bits per heavy atom. The molecule has 0 aliphatic rings. The first-order chi connectivity index (χ1) is 36.9. The van der Waals surface area contributed by atoms with Crippen LogP contribution in [0, 0.1) is 0 Å². The molecule has 3 unspecified atom stereocenters. The van der Waals surface area contributed by atoms with Crippen LogP contribution in [-0.4, -0.2) is 74.3 Å². The number of carbonyl (C=O) groups is 2. The third kappa shape index (κ3) is 55.2. The number of carbonyl (C=O) groups excluding carboxylic acids is 2. The highest BCUT2D eigenvalue weighted by atomic mass is 31.2. The van der Waals surface area contributed by atoms with Crippen LogP contribution in [0.5, 0.6) is 0 Å². The van der Waals surface area contributed by atoms with Gasteiger partial charge in [-0.2, -0.15) is 0 Å². The fourth-order valence-electron chi connectivity index (χ4n) is 8.09. The van der Waals surface area contributed by atoms with Gasteiger partial charge in [0.05, 0.1) is 33.8 Å². The Morgan fingerprint density at radius 1 is 0.487 bits per heavy atom. The second kappa shape index (κ2) is 54.8. The second-order valence-electron chi connectivity index (χ2n) is 21.3. The van der Waals surface area contributed by atoms with Crippen molar-refractivity contribution in [3.8, 4) is 0 Å². The predicted molar refractivity (Wildman–Crippen MR) is 327 cm³/mol. The maximum Gasteiger partial charge on any atom is 0.472 e. The topological polar surface area (TPSA) is 111 Å². The SMILES string of the molecule is CC\C=C/C=C/C=C/C=C\C=C\C=C\CCCCCC(=O)OC(/C=C\CCCCCCCCCCCC)C(COP(=O)(O)OCC[N+](C)(C)C)NC(=O)CCCCCCCCCC/C=C\C/C=C\C/C=C\CCCCC. The minimum atomic E-state index is -4.47. The number of esters is 1. The van der Waals surface area contributed by atoms with Crippen molar-refractivity contribution >= 4 is 19.7 Å². The molecule has 0 aromatic carbocycles. The zero-order chi connectivity index (χ0) is 55.7. The van der Waals surface area contributed by atoms with E-state index in [1.165, 1.54) is 103 Å². The van der Waals surface area contributed by atoms with Gasteiger partial charge >= 0.3 is 13.8 Å². The quantitative estimate of drug-likeness (QED) is 0.0156. The molecular weight excluding hydrogens is 964 g/mol. The number of nitrogens with one attached hydrogen (secondary N) is 1. The summed E-state index contributed by atoms with van der Waals surface area (Å²) in [5.74, 6) is -0.573. The largest absolute Gasteiger partial charge is 0.472 e. The number of allylic oxidation sites excluding steroid dienone is 19. The van der Waals surface area contributed by atoms with E-state index >= 15 is 0 Å². The molecule has 1 amide bonds. The van der Waals surface area contributed by atoms with Crippen molar-refractivity contribution in [1.29, 1.82) is 0 Å². The first kappa shape index (κ1) is 72.4. The van der Waals surface area contributed by atoms with Gasteiger partial charge in [-0.15, -0.1) is 0 Å². The van der Waals surface area contributed by atoms with Crippen LogP contribution in [0.2, 0.25) is 0 Å². The fourth-order valence-corrected chi connectivity index (χ4v) is 8.83. The van der Waals surface area contributed by atoms with Crippen LogP contribution in [0.15, 0.2) is 122 Å². The molecule has 0 bridgehead atoms. The number of hydrogen-bond acceptors (Lipinski definition) is 6. The monoisotopic (exact) mass is 1080 g/mol. The molecule has 0 aliphatic carbocycles. The second-order valence-corrected chi connectivity index (χ2v) is 22.7. The summed E-state index contributed by atoms with van der Waals surface area (Å²) in [7, 11) is 1.44. The summed E-state index contributed by atoms with van der Waals surface area (Å²) < 4.78 is 30.6. The van der Waals surface area contributed by atoms with Gasteiger partial charge in [0.2, 0.25) is 5.91 Å². The number of phosphoric ester groups is 1. The highest BCUT2D eigenvalue weighted by Gasteiger charge is 2.30. The highest BCUT2D eigenvalue weighted by Crippen LogP contribution is 2.43. The Hall–Kier alpha value is -3.59. The molecule has 3 atom stereocenters. The summed E-state index contributed by atoms with van der Waals surface area (Å²) in [4.78, 5) is 37.7. The van der Waals surface area contributed by atoms with Crippen molar-refractivity contribution in [2.45, 2.75) is 245 Å². The molecule has 0 aromatic heterocycles. The summed E-state index contributed by atoms with van der Waals surface area (Å²) >= 11 is 0. The molecule has 0 aromatic rings. The Labute approximate surface area is 467 Å². The molecule has 0 spiro atoms. The van der Waals surface area contributed by atoms with Crippen LogP contribution in [0.25, 0.3) is 0 Å². The van der Waals surface area contributed by atoms with Crippen molar-refractivity contribution in [3.05, 3.63) is 122 Å². The van der Waals surface area contributed by atoms with Crippen molar-refractivity contribution in [2.75, 3.05) is 40.9 Å². The van der Waals surface area contributed by atoms with Gasteiger partial charge < -0.3 is 19.4 Å². The zero-order valence-corrected chi connectivity index (χ0v) is 50.3. The number of hydrogen-bond donors (Lipinski definition) is 2. The number of quaternary nitrogens is 1. The minimum Gasteiger partial charge on any atom is -0.456 e. The van der Waals surface area contributed by atoms with E-state index in [1.54, 1.807) is 0 Å². The molecule has 9 nitrogen and oxygen atoms in total. The average Bonchev–Trinajstić information content (AvgIpc) is 3.38. The van der Waals surface area contributed by atoms with E-state index in [1.807, 2.05) is 94.1 Å². The third-order valence-electron chi connectivity index (χ3n) is 12.8. The van der Waals surface area contributed by atoms with E-state index in [-0.39, 0.29) is 31.5 Å². The van der Waals surface area contributed by atoms with Crippen LogP contribution in [0.4, 0.5) is 0 Å². The van der Waals surface area contributed by atoms with E-state index in [9.17, 15) is 19.0 Å². The number of rotatable bonds is 53. The lowest BCUT2D eigenvalue weighted by Gasteiger charge is -2.27. The molecule has 0 aliphatic heterocycles. The standard InChI is InChI=1S/C66H113N2O7P/c1-7-10-13-16-19-22-25-28-30-32-33-34-35-37-38-40-43-46-49-52-55-58-65(69)67-63(62-74-76(71,72)73-61-60-68(4,5)6)64(57-54-51-48-45-42-27-24-21-18-15-12-9-3)75-66(70)59-56-53-50-47-44-41-39-36-31-29-26-23-20-17-14-11-8-2/h11,14,17,19-20,22-23,26,28-31,33-34,36,39,41,44,54,57,63-64H,7-10,12-13,15-16,18,21,24-25,27,32,35,37-38,40,42-43,45-53,55-56,58-62H2,1-6H3,(H-,67,69,71,72)/p+1/b14-11-,20-17+,22-19-,26-23+,30-28-,31-29-,34-33-,39-36+,44-41+,57-54-. The normalized spacial score (nSPS) is 14.6. The van der Waals surface area contributed by atoms with E-state index < -0.39 is 20.0 Å². The molecule has 2 N–H and O–H groups in total. The Kier molecular flexibility index (Phi) is 52.2. The van der Waals surface area contributed by atoms with Crippen molar-refractivity contribution in [3.63, 3.8) is 0 Å². The number of ether oxygens (including phenoxy) is 1. The lowest BCUT2D eigenvalue weighted by Crippen LogP contribution is -2.47. The molecular formula is C66H114N2O7P+. The van der Waals surface area contributed by atoms with Crippen molar-refractivity contribution in [2.24, 2.45) is 0 Å². The van der Waals surface area contributed by atoms with Gasteiger partial charge in [0.1, 0.15) is 19.3 Å². The number of phosphoric acid groups is 1. The van der Waals surface area contributed by atoms with E-state index in [0.29, 0.717) is 23.9 Å². The molecule has 0 saturated heterocycles. The fraction of sp³-hybridized carbons (Fsp3) is 0.667. The molecule has 0 rings (SSSR count). The molecule has 0 fully saturated rings.